The van der Waals surface area contributed by atoms with Gasteiger partial charge in [-0.25, -0.2) is 0 Å². The fourth-order valence-corrected chi connectivity index (χ4v) is 2.21. The summed E-state index contributed by atoms with van der Waals surface area (Å²) in [6.45, 7) is 5.84. The number of aryl methyl sites for hydroxylation is 2. The summed E-state index contributed by atoms with van der Waals surface area (Å²) in [5.74, 6) is 1.54. The van der Waals surface area contributed by atoms with Crippen LogP contribution in [0.3, 0.4) is 0 Å². The van der Waals surface area contributed by atoms with Gasteiger partial charge in [0.25, 0.3) is 0 Å². The van der Waals surface area contributed by atoms with E-state index in [1.54, 1.807) is 0 Å². The van der Waals surface area contributed by atoms with Crippen LogP contribution in [-0.2, 0) is 20.2 Å². The van der Waals surface area contributed by atoms with Crippen molar-refractivity contribution in [2.24, 2.45) is 7.05 Å². The SMILES string of the molecule is CCOc1cc(CNC)ccc1OCc1cc(C)nn1C. The highest BCUT2D eigenvalue weighted by atomic mass is 16.5. The Labute approximate surface area is 125 Å². The molecule has 0 saturated carbocycles. The van der Waals surface area contributed by atoms with Gasteiger partial charge < -0.3 is 14.8 Å². The van der Waals surface area contributed by atoms with Crippen molar-refractivity contribution in [2.75, 3.05) is 13.7 Å². The van der Waals surface area contributed by atoms with Crippen LogP contribution < -0.4 is 14.8 Å². The van der Waals surface area contributed by atoms with E-state index in [0.717, 1.165) is 29.4 Å². The summed E-state index contributed by atoms with van der Waals surface area (Å²) in [5.41, 5.74) is 3.20. The Morgan fingerprint density at radius 2 is 2.00 bits per heavy atom. The molecule has 5 heteroatoms. The highest BCUT2D eigenvalue weighted by Crippen LogP contribution is 2.29. The third-order valence-electron chi connectivity index (χ3n) is 3.16. The third kappa shape index (κ3) is 3.98. The van der Waals surface area contributed by atoms with Gasteiger partial charge in [0, 0.05) is 13.6 Å². The van der Waals surface area contributed by atoms with E-state index in [9.17, 15) is 0 Å². The number of hydrogen-bond acceptors (Lipinski definition) is 4. The summed E-state index contributed by atoms with van der Waals surface area (Å²) in [6, 6.07) is 8.04. The first-order valence-electron chi connectivity index (χ1n) is 7.16. The Hall–Kier alpha value is -2.01. The smallest absolute Gasteiger partial charge is 0.161 e. The predicted octanol–water partition coefficient (Wildman–Crippen LogP) is 2.43. The topological polar surface area (TPSA) is 48.3 Å². The van der Waals surface area contributed by atoms with Gasteiger partial charge in [0.2, 0.25) is 0 Å². The van der Waals surface area contributed by atoms with Crippen LogP contribution in [0.4, 0.5) is 0 Å². The fraction of sp³-hybridized carbons (Fsp3) is 0.438. The molecule has 1 aromatic heterocycles. The minimum Gasteiger partial charge on any atom is -0.490 e. The monoisotopic (exact) mass is 289 g/mol. The van der Waals surface area contributed by atoms with Crippen LogP contribution in [0.15, 0.2) is 24.3 Å². The minimum atomic E-state index is 0.475. The molecule has 1 N–H and O–H groups in total. The molecule has 0 fully saturated rings. The normalized spacial score (nSPS) is 10.7. The van der Waals surface area contributed by atoms with Crippen molar-refractivity contribution in [3.8, 4) is 11.5 Å². The Kier molecular flexibility index (Phi) is 5.22. The number of nitrogens with one attached hydrogen (secondary N) is 1. The van der Waals surface area contributed by atoms with E-state index >= 15 is 0 Å². The zero-order valence-electron chi connectivity index (χ0n) is 13.1. The molecule has 0 bridgehead atoms. The Bertz CT molecular complexity index is 593. The molecule has 0 aliphatic heterocycles. The maximum absolute atomic E-state index is 5.90. The van der Waals surface area contributed by atoms with Crippen molar-refractivity contribution in [1.82, 2.24) is 15.1 Å². The van der Waals surface area contributed by atoms with Gasteiger partial charge in [-0.3, -0.25) is 4.68 Å². The van der Waals surface area contributed by atoms with Crippen molar-refractivity contribution in [1.29, 1.82) is 0 Å². The molecule has 21 heavy (non-hydrogen) atoms. The molecule has 0 saturated heterocycles. The summed E-state index contributed by atoms with van der Waals surface area (Å²) in [6.07, 6.45) is 0. The van der Waals surface area contributed by atoms with E-state index in [-0.39, 0.29) is 0 Å². The van der Waals surface area contributed by atoms with Crippen LogP contribution in [0.25, 0.3) is 0 Å². The predicted molar refractivity (Wildman–Crippen MR) is 82.7 cm³/mol. The van der Waals surface area contributed by atoms with Gasteiger partial charge in [-0.1, -0.05) is 6.07 Å². The number of aromatic nitrogens is 2. The van der Waals surface area contributed by atoms with Gasteiger partial charge in [-0.2, -0.15) is 5.10 Å². The molecule has 0 amide bonds. The highest BCUT2D eigenvalue weighted by molar-refractivity contribution is 5.43. The largest absolute Gasteiger partial charge is 0.490 e. The number of rotatable bonds is 7. The first-order chi connectivity index (χ1) is 10.1. The Balaban J connectivity index is 2.12. The molecule has 1 heterocycles. The molecule has 0 atom stereocenters. The number of ether oxygens (including phenoxy) is 2. The van der Waals surface area contributed by atoms with Gasteiger partial charge in [0.15, 0.2) is 11.5 Å². The molecule has 0 aliphatic carbocycles. The third-order valence-corrected chi connectivity index (χ3v) is 3.16. The van der Waals surface area contributed by atoms with E-state index in [1.807, 2.05) is 56.9 Å². The lowest BCUT2D eigenvalue weighted by atomic mass is 10.2. The lowest BCUT2D eigenvalue weighted by Crippen LogP contribution is -2.07. The minimum absolute atomic E-state index is 0.475. The molecular formula is C16H23N3O2. The molecule has 2 rings (SSSR count). The van der Waals surface area contributed by atoms with Crippen LogP contribution in [-0.4, -0.2) is 23.4 Å². The molecule has 2 aromatic rings. The van der Waals surface area contributed by atoms with Crippen LogP contribution >= 0.6 is 0 Å². The average molecular weight is 289 g/mol. The second kappa shape index (κ2) is 7.13. The lowest BCUT2D eigenvalue weighted by molar-refractivity contribution is 0.262. The van der Waals surface area contributed by atoms with Crippen molar-refractivity contribution >= 4 is 0 Å². The van der Waals surface area contributed by atoms with Gasteiger partial charge in [0.1, 0.15) is 6.61 Å². The van der Waals surface area contributed by atoms with E-state index < -0.39 is 0 Å². The number of hydrogen-bond donors (Lipinski definition) is 1. The van der Waals surface area contributed by atoms with Gasteiger partial charge in [-0.15, -0.1) is 0 Å². The highest BCUT2D eigenvalue weighted by Gasteiger charge is 2.09. The van der Waals surface area contributed by atoms with Crippen molar-refractivity contribution in [3.05, 3.63) is 41.2 Å². The maximum atomic E-state index is 5.90. The molecule has 0 radical (unpaired) electrons. The quantitative estimate of drug-likeness (QED) is 0.850. The standard InChI is InChI=1S/C16H23N3O2/c1-5-20-16-9-13(10-17-3)6-7-15(16)21-11-14-8-12(2)18-19(14)4/h6-9,17H,5,10-11H2,1-4H3. The van der Waals surface area contributed by atoms with Crippen molar-refractivity contribution in [3.63, 3.8) is 0 Å². The van der Waals surface area contributed by atoms with Gasteiger partial charge in [-0.05, 0) is 44.7 Å². The lowest BCUT2D eigenvalue weighted by Gasteiger charge is -2.13. The fourth-order valence-electron chi connectivity index (χ4n) is 2.21. The summed E-state index contributed by atoms with van der Waals surface area (Å²) in [7, 11) is 3.85. The first kappa shape index (κ1) is 15.4. The van der Waals surface area contributed by atoms with Gasteiger partial charge in [0.05, 0.1) is 18.0 Å². The number of nitrogens with zero attached hydrogens (tertiary/aromatic N) is 2. The van der Waals surface area contributed by atoms with Crippen LogP contribution in [0.1, 0.15) is 23.9 Å². The summed E-state index contributed by atoms with van der Waals surface area (Å²) >= 11 is 0. The summed E-state index contributed by atoms with van der Waals surface area (Å²) in [5, 5.41) is 7.45. The molecule has 5 nitrogen and oxygen atoms in total. The Morgan fingerprint density at radius 1 is 1.19 bits per heavy atom. The van der Waals surface area contributed by atoms with Crippen molar-refractivity contribution in [2.45, 2.75) is 27.0 Å². The second-order valence-electron chi connectivity index (χ2n) is 4.93. The van der Waals surface area contributed by atoms with Crippen LogP contribution in [0, 0.1) is 6.92 Å². The van der Waals surface area contributed by atoms with Crippen molar-refractivity contribution < 1.29 is 9.47 Å². The molecular weight excluding hydrogens is 266 g/mol. The molecule has 114 valence electrons. The Morgan fingerprint density at radius 3 is 2.62 bits per heavy atom. The molecule has 0 aliphatic rings. The van der Waals surface area contributed by atoms with E-state index in [2.05, 4.69) is 10.4 Å². The maximum Gasteiger partial charge on any atom is 0.161 e. The second-order valence-corrected chi connectivity index (χ2v) is 4.93. The zero-order valence-corrected chi connectivity index (χ0v) is 13.1. The average Bonchev–Trinajstić information content (AvgIpc) is 2.77. The van der Waals surface area contributed by atoms with Gasteiger partial charge >= 0.3 is 0 Å². The van der Waals surface area contributed by atoms with E-state index in [4.69, 9.17) is 9.47 Å². The van der Waals surface area contributed by atoms with E-state index in [1.165, 1.54) is 5.56 Å². The number of benzene rings is 1. The molecule has 1 aromatic carbocycles. The molecule has 0 unspecified atom stereocenters. The molecule has 0 spiro atoms. The van der Waals surface area contributed by atoms with E-state index in [0.29, 0.717) is 13.2 Å². The van der Waals surface area contributed by atoms with Crippen LogP contribution in [0.2, 0.25) is 0 Å². The van der Waals surface area contributed by atoms with Crippen LogP contribution in [0.5, 0.6) is 11.5 Å². The summed E-state index contributed by atoms with van der Waals surface area (Å²) < 4.78 is 13.4. The zero-order chi connectivity index (χ0) is 15.2. The summed E-state index contributed by atoms with van der Waals surface area (Å²) in [4.78, 5) is 0. The first-order valence-corrected chi connectivity index (χ1v) is 7.16.